The molecular weight excluding hydrogens is 240 g/mol. The van der Waals surface area contributed by atoms with Gasteiger partial charge in [0.25, 0.3) is 5.78 Å². The van der Waals surface area contributed by atoms with Gasteiger partial charge in [-0.1, -0.05) is 0 Å². The van der Waals surface area contributed by atoms with Crippen molar-refractivity contribution in [3.05, 3.63) is 23.3 Å². The first-order valence-electron chi connectivity index (χ1n) is 5.06. The van der Waals surface area contributed by atoms with Crippen LogP contribution in [0.5, 0.6) is 11.5 Å². The maximum absolute atomic E-state index is 11.4. The van der Waals surface area contributed by atoms with Crippen LogP contribution < -0.4 is 9.47 Å². The molecule has 0 saturated carbocycles. The summed E-state index contributed by atoms with van der Waals surface area (Å²) in [5.41, 5.74) is 0.566. The van der Waals surface area contributed by atoms with Gasteiger partial charge in [0, 0.05) is 18.2 Å². The molecule has 0 aromatic heterocycles. The number of hydrogen-bond donors (Lipinski definition) is 1. The van der Waals surface area contributed by atoms with Gasteiger partial charge in [-0.2, -0.15) is 0 Å². The minimum atomic E-state index is -1.52. The van der Waals surface area contributed by atoms with Gasteiger partial charge in [-0.3, -0.25) is 4.79 Å². The molecule has 18 heavy (non-hydrogen) atoms. The Bertz CT molecular complexity index is 466. The maximum atomic E-state index is 11.4. The first-order chi connectivity index (χ1) is 8.54. The zero-order valence-electron chi connectivity index (χ0n) is 10.4. The van der Waals surface area contributed by atoms with Crippen molar-refractivity contribution in [2.45, 2.75) is 6.61 Å². The van der Waals surface area contributed by atoms with E-state index in [0.717, 1.165) is 0 Å². The molecule has 0 aliphatic heterocycles. The average molecular weight is 254 g/mol. The normalized spacial score (nSPS) is 9.94. The fourth-order valence-corrected chi connectivity index (χ4v) is 1.56. The summed E-state index contributed by atoms with van der Waals surface area (Å²) >= 11 is 0. The summed E-state index contributed by atoms with van der Waals surface area (Å²) in [7, 11) is 4.34. The number of rotatable bonds is 6. The van der Waals surface area contributed by atoms with Crippen LogP contribution in [-0.2, 0) is 16.1 Å². The van der Waals surface area contributed by atoms with Crippen LogP contribution in [0.2, 0.25) is 0 Å². The lowest BCUT2D eigenvalue weighted by atomic mass is 10.1. The molecule has 1 rings (SSSR count). The van der Waals surface area contributed by atoms with Crippen LogP contribution in [0.1, 0.15) is 15.9 Å². The molecule has 0 unspecified atom stereocenters. The van der Waals surface area contributed by atoms with E-state index in [1.807, 2.05) is 0 Å². The van der Waals surface area contributed by atoms with Crippen LogP contribution in [0.15, 0.2) is 12.1 Å². The van der Waals surface area contributed by atoms with Crippen LogP contribution in [0.4, 0.5) is 0 Å². The van der Waals surface area contributed by atoms with Crippen molar-refractivity contribution in [2.24, 2.45) is 0 Å². The van der Waals surface area contributed by atoms with E-state index in [2.05, 4.69) is 0 Å². The molecule has 0 amide bonds. The molecule has 0 aliphatic carbocycles. The van der Waals surface area contributed by atoms with Crippen LogP contribution >= 0.6 is 0 Å². The first kappa shape index (κ1) is 14.0. The fraction of sp³-hybridized carbons (Fsp3) is 0.333. The Kier molecular flexibility index (Phi) is 4.67. The molecule has 0 fully saturated rings. The Morgan fingerprint density at radius 3 is 2.28 bits per heavy atom. The molecule has 0 aliphatic rings. The van der Waals surface area contributed by atoms with Crippen LogP contribution in [0.25, 0.3) is 0 Å². The van der Waals surface area contributed by atoms with Crippen molar-refractivity contribution >= 4 is 11.8 Å². The molecule has 0 radical (unpaired) electrons. The molecule has 0 spiro atoms. The number of carbonyl (C=O) groups is 2. The van der Waals surface area contributed by atoms with Crippen LogP contribution in [0.3, 0.4) is 0 Å². The van der Waals surface area contributed by atoms with E-state index >= 15 is 0 Å². The van der Waals surface area contributed by atoms with Gasteiger partial charge < -0.3 is 19.3 Å². The van der Waals surface area contributed by atoms with Crippen LogP contribution in [-0.4, -0.2) is 38.2 Å². The Morgan fingerprint density at radius 1 is 1.17 bits per heavy atom. The second-order valence-electron chi connectivity index (χ2n) is 3.44. The molecule has 0 heterocycles. The topological polar surface area (TPSA) is 82.1 Å². The largest absolute Gasteiger partial charge is 0.493 e. The molecule has 1 aromatic rings. The molecule has 0 atom stereocenters. The highest BCUT2D eigenvalue weighted by Gasteiger charge is 2.20. The van der Waals surface area contributed by atoms with E-state index in [4.69, 9.17) is 19.3 Å². The van der Waals surface area contributed by atoms with E-state index in [0.29, 0.717) is 11.3 Å². The molecule has 1 aromatic carbocycles. The number of ether oxygens (including phenoxy) is 3. The van der Waals surface area contributed by atoms with Crippen LogP contribution in [0, 0.1) is 0 Å². The lowest BCUT2D eigenvalue weighted by Gasteiger charge is -2.13. The smallest absolute Gasteiger partial charge is 0.377 e. The summed E-state index contributed by atoms with van der Waals surface area (Å²) in [5.74, 6) is -1.82. The minimum absolute atomic E-state index is 0.0206. The third-order valence-electron chi connectivity index (χ3n) is 2.31. The highest BCUT2D eigenvalue weighted by molar-refractivity contribution is 6.40. The summed E-state index contributed by atoms with van der Waals surface area (Å²) in [5, 5.41) is 8.69. The molecular formula is C12H14O6. The maximum Gasteiger partial charge on any atom is 0.377 e. The number of benzene rings is 1. The number of carbonyl (C=O) groups excluding carboxylic acids is 1. The third-order valence-corrected chi connectivity index (χ3v) is 2.31. The van der Waals surface area contributed by atoms with Gasteiger partial charge in [0.1, 0.15) is 0 Å². The van der Waals surface area contributed by atoms with Gasteiger partial charge in [0.05, 0.1) is 20.8 Å². The van der Waals surface area contributed by atoms with Gasteiger partial charge in [0.2, 0.25) is 0 Å². The summed E-state index contributed by atoms with van der Waals surface area (Å²) < 4.78 is 15.2. The van der Waals surface area contributed by atoms with E-state index in [9.17, 15) is 9.59 Å². The van der Waals surface area contributed by atoms with Gasteiger partial charge in [0.15, 0.2) is 11.5 Å². The lowest BCUT2D eigenvalue weighted by Crippen LogP contribution is -2.13. The van der Waals surface area contributed by atoms with Gasteiger partial charge in [-0.25, -0.2) is 4.79 Å². The van der Waals surface area contributed by atoms with Crippen molar-refractivity contribution in [1.29, 1.82) is 0 Å². The zero-order chi connectivity index (χ0) is 13.7. The van der Waals surface area contributed by atoms with E-state index in [-0.39, 0.29) is 17.9 Å². The number of carboxylic acid groups (broad SMARTS) is 1. The zero-order valence-corrected chi connectivity index (χ0v) is 10.4. The Hall–Kier alpha value is -2.08. The molecule has 98 valence electrons. The molecule has 1 N–H and O–H groups in total. The SMILES string of the molecule is COCc1cc(C(=O)C(=O)O)cc(OC)c1OC. The number of ketones is 1. The Labute approximate surface area is 104 Å². The van der Waals surface area contributed by atoms with Crippen molar-refractivity contribution in [1.82, 2.24) is 0 Å². The van der Waals surface area contributed by atoms with Gasteiger partial charge >= 0.3 is 5.97 Å². The fourth-order valence-electron chi connectivity index (χ4n) is 1.56. The number of carboxylic acids is 1. The summed E-state index contributed by atoms with van der Waals surface area (Å²) in [4.78, 5) is 22.1. The van der Waals surface area contributed by atoms with E-state index < -0.39 is 11.8 Å². The van der Waals surface area contributed by atoms with Gasteiger partial charge in [-0.15, -0.1) is 0 Å². The Morgan fingerprint density at radius 2 is 1.83 bits per heavy atom. The first-order valence-corrected chi connectivity index (χ1v) is 5.06. The number of Topliss-reactive ketones (excluding diaryl/α,β-unsaturated/α-hetero) is 1. The lowest BCUT2D eigenvalue weighted by molar-refractivity contribution is -0.131. The predicted molar refractivity (Wildman–Crippen MR) is 62.2 cm³/mol. The number of aliphatic carboxylic acids is 1. The quantitative estimate of drug-likeness (QED) is 0.605. The van der Waals surface area contributed by atoms with Crippen molar-refractivity contribution in [3.8, 4) is 11.5 Å². The number of methoxy groups -OCH3 is 3. The van der Waals surface area contributed by atoms with E-state index in [1.54, 1.807) is 0 Å². The number of hydrogen-bond acceptors (Lipinski definition) is 5. The monoisotopic (exact) mass is 254 g/mol. The molecule has 0 saturated heterocycles. The third kappa shape index (κ3) is 2.78. The van der Waals surface area contributed by atoms with Crippen molar-refractivity contribution < 1.29 is 28.9 Å². The second kappa shape index (κ2) is 6.02. The molecule has 0 bridgehead atoms. The van der Waals surface area contributed by atoms with Crippen molar-refractivity contribution in [2.75, 3.05) is 21.3 Å². The summed E-state index contributed by atoms with van der Waals surface area (Å²) in [6.07, 6.45) is 0. The summed E-state index contributed by atoms with van der Waals surface area (Å²) in [6, 6.07) is 2.75. The summed E-state index contributed by atoms with van der Waals surface area (Å²) in [6.45, 7) is 0.181. The Balaban J connectivity index is 3.35. The molecule has 6 nitrogen and oxygen atoms in total. The van der Waals surface area contributed by atoms with E-state index in [1.165, 1.54) is 33.5 Å². The highest BCUT2D eigenvalue weighted by atomic mass is 16.5. The molecule has 6 heteroatoms. The van der Waals surface area contributed by atoms with Crippen molar-refractivity contribution in [3.63, 3.8) is 0 Å². The standard InChI is InChI=1S/C12H14O6/c1-16-6-8-4-7(10(13)12(14)15)5-9(17-2)11(8)18-3/h4-5H,6H2,1-3H3,(H,14,15). The van der Waals surface area contributed by atoms with Gasteiger partial charge in [-0.05, 0) is 12.1 Å². The highest BCUT2D eigenvalue weighted by Crippen LogP contribution is 2.33. The average Bonchev–Trinajstić information content (AvgIpc) is 2.37. The minimum Gasteiger partial charge on any atom is -0.493 e. The second-order valence-corrected chi connectivity index (χ2v) is 3.44. The predicted octanol–water partition coefficient (Wildman–Crippen LogP) is 1.12.